The van der Waals surface area contributed by atoms with Gasteiger partial charge in [-0.15, -0.1) is 0 Å². The monoisotopic (exact) mass is 215 g/mol. The van der Waals surface area contributed by atoms with Crippen LogP contribution in [-0.4, -0.2) is 17.0 Å². The minimum atomic E-state index is 0.446. The zero-order chi connectivity index (χ0) is 10.7. The second kappa shape index (κ2) is 4.89. The zero-order valence-electron chi connectivity index (χ0n) is 9.94. The highest BCUT2D eigenvalue weighted by atomic mass is 32.2. The Labute approximate surface area is 93.2 Å². The summed E-state index contributed by atoms with van der Waals surface area (Å²) in [6, 6.07) is 0. The first kappa shape index (κ1) is 12.4. The van der Waals surface area contributed by atoms with Gasteiger partial charge in [-0.25, -0.2) is 0 Å². The van der Waals surface area contributed by atoms with Crippen molar-refractivity contribution in [1.82, 2.24) is 0 Å². The number of hydrogen-bond donors (Lipinski definition) is 1. The zero-order valence-corrected chi connectivity index (χ0v) is 10.8. The Kier molecular flexibility index (Phi) is 4.32. The topological polar surface area (TPSA) is 26.0 Å². The van der Waals surface area contributed by atoms with Gasteiger partial charge in [0.15, 0.2) is 0 Å². The lowest BCUT2D eigenvalue weighted by molar-refractivity contribution is 0.0750. The van der Waals surface area contributed by atoms with E-state index in [1.54, 1.807) is 0 Å². The van der Waals surface area contributed by atoms with Crippen LogP contribution in [0.15, 0.2) is 0 Å². The van der Waals surface area contributed by atoms with Crippen LogP contribution in [0.2, 0.25) is 0 Å². The van der Waals surface area contributed by atoms with Crippen LogP contribution in [0.1, 0.15) is 52.9 Å². The van der Waals surface area contributed by atoms with E-state index in [9.17, 15) is 0 Å². The van der Waals surface area contributed by atoms with Crippen molar-refractivity contribution in [1.29, 1.82) is 0 Å². The van der Waals surface area contributed by atoms with Gasteiger partial charge in [0.1, 0.15) is 0 Å². The Morgan fingerprint density at radius 1 is 1.14 bits per heavy atom. The van der Waals surface area contributed by atoms with Gasteiger partial charge in [-0.05, 0) is 30.4 Å². The van der Waals surface area contributed by atoms with Crippen LogP contribution in [0.25, 0.3) is 0 Å². The molecule has 0 aromatic carbocycles. The summed E-state index contributed by atoms with van der Waals surface area (Å²) in [4.78, 5) is 0. The lowest BCUT2D eigenvalue weighted by Gasteiger charge is -2.55. The van der Waals surface area contributed by atoms with Crippen molar-refractivity contribution < 1.29 is 0 Å². The number of nitrogens with two attached hydrogens (primary N) is 1. The first-order valence-corrected chi connectivity index (χ1v) is 6.98. The first-order valence-electron chi connectivity index (χ1n) is 6.00. The molecule has 84 valence electrons. The van der Waals surface area contributed by atoms with Crippen LogP contribution in [0.4, 0.5) is 0 Å². The van der Waals surface area contributed by atoms with Gasteiger partial charge in [0, 0.05) is 11.3 Å². The van der Waals surface area contributed by atoms with Crippen molar-refractivity contribution in [2.45, 2.75) is 57.6 Å². The molecule has 0 bridgehead atoms. The molecule has 1 rings (SSSR count). The van der Waals surface area contributed by atoms with E-state index in [2.05, 4.69) is 32.5 Å². The minimum Gasteiger partial charge on any atom is -0.329 e. The lowest BCUT2D eigenvalue weighted by Crippen LogP contribution is -2.53. The molecular weight excluding hydrogens is 190 g/mol. The maximum atomic E-state index is 5.92. The molecule has 0 amide bonds. The Morgan fingerprint density at radius 2 is 1.71 bits per heavy atom. The van der Waals surface area contributed by atoms with E-state index in [1.165, 1.54) is 37.9 Å². The van der Waals surface area contributed by atoms with Crippen molar-refractivity contribution in [2.24, 2.45) is 11.1 Å². The third-order valence-electron chi connectivity index (χ3n) is 3.88. The molecule has 0 atom stereocenters. The SMILES string of the molecule is CCCSC1(CN)CC(CC)(CC)C1. The number of thioether (sulfide) groups is 1. The Hall–Kier alpha value is 0.310. The maximum Gasteiger partial charge on any atom is 0.0292 e. The molecule has 14 heavy (non-hydrogen) atoms. The highest BCUT2D eigenvalue weighted by molar-refractivity contribution is 8.00. The second-order valence-electron chi connectivity index (χ2n) is 4.80. The van der Waals surface area contributed by atoms with E-state index in [4.69, 9.17) is 5.73 Å². The molecule has 0 spiro atoms. The van der Waals surface area contributed by atoms with Gasteiger partial charge in [0.05, 0.1) is 0 Å². The van der Waals surface area contributed by atoms with Crippen LogP contribution in [0.3, 0.4) is 0 Å². The molecule has 0 saturated heterocycles. The molecule has 2 heteroatoms. The summed E-state index contributed by atoms with van der Waals surface area (Å²) < 4.78 is 0.446. The largest absolute Gasteiger partial charge is 0.329 e. The summed E-state index contributed by atoms with van der Waals surface area (Å²) in [5, 5.41) is 0. The molecule has 0 radical (unpaired) electrons. The molecule has 0 aromatic heterocycles. The Balaban J connectivity index is 2.46. The molecular formula is C12H25NS. The predicted octanol–water partition coefficient (Wildman–Crippen LogP) is 3.43. The molecule has 2 N–H and O–H groups in total. The summed E-state index contributed by atoms with van der Waals surface area (Å²) in [5.74, 6) is 1.28. The van der Waals surface area contributed by atoms with Crippen molar-refractivity contribution in [3.05, 3.63) is 0 Å². The summed E-state index contributed by atoms with van der Waals surface area (Å²) in [6.45, 7) is 7.78. The molecule has 1 nitrogen and oxygen atoms in total. The van der Waals surface area contributed by atoms with Gasteiger partial charge >= 0.3 is 0 Å². The van der Waals surface area contributed by atoms with Crippen LogP contribution in [0.5, 0.6) is 0 Å². The highest BCUT2D eigenvalue weighted by Gasteiger charge is 2.51. The van der Waals surface area contributed by atoms with Crippen molar-refractivity contribution in [3.8, 4) is 0 Å². The van der Waals surface area contributed by atoms with E-state index in [0.29, 0.717) is 10.2 Å². The van der Waals surface area contributed by atoms with Crippen molar-refractivity contribution in [2.75, 3.05) is 12.3 Å². The molecule has 0 aliphatic heterocycles. The van der Waals surface area contributed by atoms with E-state index in [0.717, 1.165) is 6.54 Å². The second-order valence-corrected chi connectivity index (χ2v) is 6.36. The van der Waals surface area contributed by atoms with E-state index in [-0.39, 0.29) is 0 Å². The fourth-order valence-corrected chi connectivity index (χ4v) is 4.26. The van der Waals surface area contributed by atoms with Gasteiger partial charge in [-0.2, -0.15) is 11.8 Å². The molecule has 1 aliphatic carbocycles. The molecule has 0 unspecified atom stereocenters. The molecule has 0 aromatic rings. The number of hydrogen-bond acceptors (Lipinski definition) is 2. The van der Waals surface area contributed by atoms with Gasteiger partial charge in [0.25, 0.3) is 0 Å². The third-order valence-corrected chi connectivity index (χ3v) is 5.56. The fourth-order valence-electron chi connectivity index (χ4n) is 2.69. The van der Waals surface area contributed by atoms with E-state index in [1.807, 2.05) is 0 Å². The smallest absolute Gasteiger partial charge is 0.0292 e. The van der Waals surface area contributed by atoms with Gasteiger partial charge in [0.2, 0.25) is 0 Å². The molecule has 1 aliphatic rings. The number of rotatable bonds is 6. The maximum absolute atomic E-state index is 5.92. The summed E-state index contributed by atoms with van der Waals surface area (Å²) in [7, 11) is 0. The van der Waals surface area contributed by atoms with Crippen LogP contribution in [0, 0.1) is 5.41 Å². The summed E-state index contributed by atoms with van der Waals surface area (Å²) in [5.41, 5.74) is 6.56. The standard InChI is InChI=1S/C12H25NS/c1-4-7-14-12(10-13)8-11(5-2,6-3)9-12/h4-10,13H2,1-3H3. The van der Waals surface area contributed by atoms with Crippen molar-refractivity contribution in [3.63, 3.8) is 0 Å². The fraction of sp³-hybridized carbons (Fsp3) is 1.00. The molecule has 1 fully saturated rings. The van der Waals surface area contributed by atoms with Crippen molar-refractivity contribution >= 4 is 11.8 Å². The predicted molar refractivity (Wildman–Crippen MR) is 66.8 cm³/mol. The average Bonchev–Trinajstić information content (AvgIpc) is 2.18. The summed E-state index contributed by atoms with van der Waals surface area (Å²) >= 11 is 2.12. The minimum absolute atomic E-state index is 0.446. The van der Waals surface area contributed by atoms with Crippen LogP contribution < -0.4 is 5.73 Å². The average molecular weight is 215 g/mol. The Bertz CT molecular complexity index is 167. The highest BCUT2D eigenvalue weighted by Crippen LogP contribution is 2.58. The Morgan fingerprint density at radius 3 is 2.07 bits per heavy atom. The van der Waals surface area contributed by atoms with E-state index >= 15 is 0 Å². The quantitative estimate of drug-likeness (QED) is 0.734. The normalized spacial score (nSPS) is 23.1. The van der Waals surface area contributed by atoms with Gasteiger partial charge in [-0.1, -0.05) is 33.6 Å². The van der Waals surface area contributed by atoms with Crippen LogP contribution in [-0.2, 0) is 0 Å². The first-order chi connectivity index (χ1) is 6.66. The van der Waals surface area contributed by atoms with Gasteiger partial charge < -0.3 is 5.73 Å². The third kappa shape index (κ3) is 2.27. The molecule has 1 saturated carbocycles. The lowest BCUT2D eigenvalue weighted by atomic mass is 9.58. The van der Waals surface area contributed by atoms with Gasteiger partial charge in [-0.3, -0.25) is 0 Å². The van der Waals surface area contributed by atoms with Crippen LogP contribution >= 0.6 is 11.8 Å². The summed E-state index contributed by atoms with van der Waals surface area (Å²) in [6.07, 6.45) is 6.65. The van der Waals surface area contributed by atoms with E-state index < -0.39 is 0 Å². The molecule has 0 heterocycles.